The van der Waals surface area contributed by atoms with Crippen molar-refractivity contribution in [3.63, 3.8) is 0 Å². The molecule has 1 aromatic rings. The van der Waals surface area contributed by atoms with Crippen LogP contribution in [0.1, 0.15) is 31.2 Å². The molecule has 0 aromatic heterocycles. The summed E-state index contributed by atoms with van der Waals surface area (Å²) >= 11 is 3.66. The monoisotopic (exact) mass is 314 g/mol. The van der Waals surface area contributed by atoms with Crippen molar-refractivity contribution in [1.29, 1.82) is 0 Å². The van der Waals surface area contributed by atoms with Crippen molar-refractivity contribution in [2.24, 2.45) is 17.3 Å². The van der Waals surface area contributed by atoms with Gasteiger partial charge in [0, 0.05) is 5.33 Å². The van der Waals surface area contributed by atoms with Crippen LogP contribution in [-0.4, -0.2) is 5.33 Å². The van der Waals surface area contributed by atoms with Crippen LogP contribution >= 0.6 is 15.9 Å². The first-order valence-electron chi connectivity index (χ1n) is 6.63. The SMILES string of the molecule is Fc1ccc(CC2(CBr)CC3CCC2C3)cc1F. The summed E-state index contributed by atoms with van der Waals surface area (Å²) < 4.78 is 26.2. The second-order valence-electron chi connectivity index (χ2n) is 6.00. The third-order valence-corrected chi connectivity index (χ3v) is 6.03. The Balaban J connectivity index is 1.84. The summed E-state index contributed by atoms with van der Waals surface area (Å²) in [6.07, 6.45) is 6.10. The molecule has 0 spiro atoms. The second kappa shape index (κ2) is 4.59. The molecule has 3 unspecified atom stereocenters. The number of benzene rings is 1. The first-order valence-corrected chi connectivity index (χ1v) is 7.75. The molecule has 98 valence electrons. The van der Waals surface area contributed by atoms with Crippen molar-refractivity contribution >= 4 is 15.9 Å². The van der Waals surface area contributed by atoms with E-state index in [1.165, 1.54) is 37.8 Å². The summed E-state index contributed by atoms with van der Waals surface area (Å²) in [5.41, 5.74) is 1.20. The van der Waals surface area contributed by atoms with Crippen molar-refractivity contribution in [3.05, 3.63) is 35.4 Å². The van der Waals surface area contributed by atoms with E-state index in [0.717, 1.165) is 29.2 Å². The van der Waals surface area contributed by atoms with Gasteiger partial charge in [-0.1, -0.05) is 28.4 Å². The topological polar surface area (TPSA) is 0 Å². The minimum atomic E-state index is -0.750. The zero-order valence-electron chi connectivity index (χ0n) is 10.3. The molecule has 3 heteroatoms. The molecule has 0 saturated heterocycles. The van der Waals surface area contributed by atoms with Crippen molar-refractivity contribution in [1.82, 2.24) is 0 Å². The van der Waals surface area contributed by atoms with Gasteiger partial charge in [-0.3, -0.25) is 0 Å². The highest BCUT2D eigenvalue weighted by Crippen LogP contribution is 2.58. The molecule has 3 rings (SSSR count). The van der Waals surface area contributed by atoms with Gasteiger partial charge >= 0.3 is 0 Å². The van der Waals surface area contributed by atoms with Gasteiger partial charge in [0.05, 0.1) is 0 Å². The molecule has 2 fully saturated rings. The maximum atomic E-state index is 13.3. The summed E-state index contributed by atoms with van der Waals surface area (Å²) in [5.74, 6) is 0.146. The number of alkyl halides is 1. The number of rotatable bonds is 3. The lowest BCUT2D eigenvalue weighted by molar-refractivity contribution is 0.196. The van der Waals surface area contributed by atoms with Gasteiger partial charge in [-0.25, -0.2) is 8.78 Å². The highest BCUT2D eigenvalue weighted by Gasteiger charge is 2.49. The molecule has 0 radical (unpaired) electrons. The third-order valence-electron chi connectivity index (χ3n) is 4.91. The number of hydrogen-bond donors (Lipinski definition) is 0. The largest absolute Gasteiger partial charge is 0.204 e. The molecule has 0 aliphatic heterocycles. The predicted octanol–water partition coefficient (Wildman–Crippen LogP) is 4.71. The molecule has 3 atom stereocenters. The van der Waals surface area contributed by atoms with Crippen LogP contribution in [0, 0.1) is 28.9 Å². The molecule has 0 amide bonds. The van der Waals surface area contributed by atoms with Crippen molar-refractivity contribution in [2.45, 2.75) is 32.1 Å². The average molecular weight is 315 g/mol. The Labute approximate surface area is 115 Å². The highest BCUT2D eigenvalue weighted by atomic mass is 79.9. The molecular weight excluding hydrogens is 298 g/mol. The highest BCUT2D eigenvalue weighted by molar-refractivity contribution is 9.09. The maximum Gasteiger partial charge on any atom is 0.159 e. The summed E-state index contributed by atoms with van der Waals surface area (Å²) in [7, 11) is 0. The lowest BCUT2D eigenvalue weighted by Crippen LogP contribution is -2.32. The van der Waals surface area contributed by atoms with Gasteiger partial charge in [-0.15, -0.1) is 0 Å². The predicted molar refractivity (Wildman–Crippen MR) is 71.7 cm³/mol. The van der Waals surface area contributed by atoms with Gasteiger partial charge in [-0.05, 0) is 60.6 Å². The Morgan fingerprint density at radius 1 is 1.22 bits per heavy atom. The normalized spacial score (nSPS) is 34.2. The van der Waals surface area contributed by atoms with E-state index >= 15 is 0 Å². The van der Waals surface area contributed by atoms with E-state index in [9.17, 15) is 8.78 Å². The first kappa shape index (κ1) is 12.6. The van der Waals surface area contributed by atoms with Gasteiger partial charge in [0.2, 0.25) is 0 Å². The lowest BCUT2D eigenvalue weighted by Gasteiger charge is -2.36. The molecule has 2 bridgehead atoms. The fourth-order valence-electron chi connectivity index (χ4n) is 4.04. The van der Waals surface area contributed by atoms with E-state index in [1.807, 2.05) is 0 Å². The van der Waals surface area contributed by atoms with E-state index in [0.29, 0.717) is 0 Å². The number of halogens is 3. The summed E-state index contributed by atoms with van der Waals surface area (Å²) in [5, 5.41) is 0.972. The van der Waals surface area contributed by atoms with Gasteiger partial charge in [0.1, 0.15) is 0 Å². The van der Waals surface area contributed by atoms with Gasteiger partial charge in [-0.2, -0.15) is 0 Å². The summed E-state index contributed by atoms with van der Waals surface area (Å²) in [4.78, 5) is 0. The Bertz CT molecular complexity index is 460. The van der Waals surface area contributed by atoms with E-state index < -0.39 is 11.6 Å². The van der Waals surface area contributed by atoms with Gasteiger partial charge in [0.25, 0.3) is 0 Å². The summed E-state index contributed by atoms with van der Waals surface area (Å²) in [6, 6.07) is 4.35. The van der Waals surface area contributed by atoms with Crippen LogP contribution < -0.4 is 0 Å². The van der Waals surface area contributed by atoms with E-state index in [1.54, 1.807) is 6.07 Å². The Morgan fingerprint density at radius 3 is 2.61 bits per heavy atom. The van der Waals surface area contributed by atoms with Gasteiger partial charge in [0.15, 0.2) is 11.6 Å². The van der Waals surface area contributed by atoms with Crippen molar-refractivity contribution < 1.29 is 8.78 Å². The standard InChI is InChI=1S/C15H17BrF2/c16-9-15(7-10-1-3-12(15)5-10)8-11-2-4-13(17)14(18)6-11/h2,4,6,10,12H,1,3,5,7-9H2. The zero-order chi connectivity index (χ0) is 12.8. The Morgan fingerprint density at radius 2 is 2.06 bits per heavy atom. The molecule has 1 aromatic carbocycles. The lowest BCUT2D eigenvalue weighted by atomic mass is 9.71. The fraction of sp³-hybridized carbons (Fsp3) is 0.600. The minimum Gasteiger partial charge on any atom is -0.204 e. The molecule has 0 heterocycles. The number of hydrogen-bond acceptors (Lipinski definition) is 0. The second-order valence-corrected chi connectivity index (χ2v) is 6.56. The molecule has 2 saturated carbocycles. The first-order chi connectivity index (χ1) is 8.63. The fourth-order valence-corrected chi connectivity index (χ4v) is 4.93. The summed E-state index contributed by atoms with van der Waals surface area (Å²) in [6.45, 7) is 0. The van der Waals surface area contributed by atoms with Crippen LogP contribution in [0.25, 0.3) is 0 Å². The van der Waals surface area contributed by atoms with E-state index in [4.69, 9.17) is 0 Å². The Kier molecular flexibility index (Phi) is 3.21. The van der Waals surface area contributed by atoms with Crippen LogP contribution in [0.4, 0.5) is 8.78 Å². The third kappa shape index (κ3) is 2.01. The quantitative estimate of drug-likeness (QED) is 0.709. The van der Waals surface area contributed by atoms with Crippen LogP contribution in [0.15, 0.2) is 18.2 Å². The molecule has 0 nitrogen and oxygen atoms in total. The molecule has 0 N–H and O–H groups in total. The maximum absolute atomic E-state index is 13.3. The van der Waals surface area contributed by atoms with Crippen molar-refractivity contribution in [2.75, 3.05) is 5.33 Å². The average Bonchev–Trinajstić information content (AvgIpc) is 2.94. The Hall–Kier alpha value is -0.440. The number of fused-ring (bicyclic) bond motifs is 2. The smallest absolute Gasteiger partial charge is 0.159 e. The minimum absolute atomic E-state index is 0.271. The molecule has 2 aliphatic rings. The van der Waals surface area contributed by atoms with Crippen LogP contribution in [0.5, 0.6) is 0 Å². The van der Waals surface area contributed by atoms with Crippen molar-refractivity contribution in [3.8, 4) is 0 Å². The molecular formula is C15H17BrF2. The zero-order valence-corrected chi connectivity index (χ0v) is 11.8. The van der Waals surface area contributed by atoms with E-state index in [-0.39, 0.29) is 5.41 Å². The molecule has 2 aliphatic carbocycles. The van der Waals surface area contributed by atoms with Gasteiger partial charge < -0.3 is 0 Å². The molecule has 18 heavy (non-hydrogen) atoms. The van der Waals surface area contributed by atoms with Crippen LogP contribution in [0.2, 0.25) is 0 Å². The van der Waals surface area contributed by atoms with E-state index in [2.05, 4.69) is 15.9 Å². The van der Waals surface area contributed by atoms with Crippen LogP contribution in [0.3, 0.4) is 0 Å². The van der Waals surface area contributed by atoms with Crippen LogP contribution in [-0.2, 0) is 6.42 Å².